The first kappa shape index (κ1) is 16.3. The molecule has 2 rings (SSSR count). The van der Waals surface area contributed by atoms with E-state index in [1.807, 2.05) is 13.8 Å². The van der Waals surface area contributed by atoms with Crippen LogP contribution in [0.15, 0.2) is 0 Å². The van der Waals surface area contributed by atoms with E-state index in [0.717, 1.165) is 10.4 Å². The summed E-state index contributed by atoms with van der Waals surface area (Å²) >= 11 is 6.86. The number of anilines is 1. The van der Waals surface area contributed by atoms with Gasteiger partial charge in [0, 0.05) is 11.3 Å². The summed E-state index contributed by atoms with van der Waals surface area (Å²) in [6, 6.07) is 0. The van der Waals surface area contributed by atoms with E-state index in [9.17, 15) is 9.59 Å². The molecule has 2 heterocycles. The fraction of sp³-hybridized carbons (Fsp3) is 0.571. The van der Waals surface area contributed by atoms with Crippen molar-refractivity contribution in [1.29, 1.82) is 0 Å². The zero-order valence-electron chi connectivity index (χ0n) is 12.2. The van der Waals surface area contributed by atoms with Crippen LogP contribution in [0, 0.1) is 0 Å². The second-order valence-electron chi connectivity index (χ2n) is 5.34. The van der Waals surface area contributed by atoms with Crippen molar-refractivity contribution in [2.45, 2.75) is 39.4 Å². The van der Waals surface area contributed by atoms with Gasteiger partial charge in [0.25, 0.3) is 0 Å². The molecule has 21 heavy (non-hydrogen) atoms. The van der Waals surface area contributed by atoms with Crippen molar-refractivity contribution in [3.05, 3.63) is 16.0 Å². The number of carbonyl (C=O) groups excluding carboxylic acids is 2. The van der Waals surface area contributed by atoms with Crippen LogP contribution in [0.5, 0.6) is 0 Å². The van der Waals surface area contributed by atoms with Gasteiger partial charge < -0.3 is 14.8 Å². The standard InChI is InChI=1S/C14H18ClNO4S/c1-4-19-13(18)11-8-5-14(2,3)20-7-9(8)21-12(11)16-10(17)6-15/h4-7H2,1-3H3,(H,16,17). The number of esters is 1. The van der Waals surface area contributed by atoms with E-state index in [1.165, 1.54) is 11.3 Å². The van der Waals surface area contributed by atoms with Crippen LogP contribution in [0.4, 0.5) is 5.00 Å². The minimum absolute atomic E-state index is 0.160. The molecule has 0 radical (unpaired) electrons. The second-order valence-corrected chi connectivity index (χ2v) is 6.71. The average Bonchev–Trinajstić information content (AvgIpc) is 2.74. The van der Waals surface area contributed by atoms with Crippen molar-refractivity contribution >= 4 is 39.8 Å². The van der Waals surface area contributed by atoms with Crippen LogP contribution in [0.3, 0.4) is 0 Å². The Hall–Kier alpha value is -1.11. The molecule has 1 N–H and O–H groups in total. The highest BCUT2D eigenvalue weighted by molar-refractivity contribution is 7.17. The Morgan fingerprint density at radius 3 is 2.81 bits per heavy atom. The molecule has 0 atom stereocenters. The average molecular weight is 332 g/mol. The molecular weight excluding hydrogens is 314 g/mol. The number of amides is 1. The van der Waals surface area contributed by atoms with E-state index >= 15 is 0 Å². The molecule has 0 fully saturated rings. The van der Waals surface area contributed by atoms with Crippen LogP contribution in [-0.4, -0.2) is 30.0 Å². The highest BCUT2D eigenvalue weighted by atomic mass is 35.5. The molecule has 5 nitrogen and oxygen atoms in total. The number of fused-ring (bicyclic) bond motifs is 1. The Kier molecular flexibility index (Phi) is 4.91. The molecule has 0 bridgehead atoms. The first-order valence-corrected chi connectivity index (χ1v) is 8.04. The molecule has 1 aliphatic rings. The number of nitrogens with one attached hydrogen (secondary N) is 1. The Morgan fingerprint density at radius 2 is 2.19 bits per heavy atom. The smallest absolute Gasteiger partial charge is 0.341 e. The van der Waals surface area contributed by atoms with Crippen molar-refractivity contribution < 1.29 is 19.1 Å². The lowest BCUT2D eigenvalue weighted by Crippen LogP contribution is -2.32. The minimum atomic E-state index is -0.419. The molecule has 0 aliphatic carbocycles. The maximum absolute atomic E-state index is 12.2. The molecule has 0 saturated carbocycles. The quantitative estimate of drug-likeness (QED) is 0.680. The van der Waals surface area contributed by atoms with Gasteiger partial charge in [-0.1, -0.05) is 0 Å². The molecule has 1 aromatic heterocycles. The van der Waals surface area contributed by atoms with E-state index in [4.69, 9.17) is 21.1 Å². The van der Waals surface area contributed by atoms with E-state index < -0.39 is 5.97 Å². The van der Waals surface area contributed by atoms with E-state index in [2.05, 4.69) is 5.32 Å². The van der Waals surface area contributed by atoms with Gasteiger partial charge in [-0.25, -0.2) is 4.79 Å². The molecule has 0 unspecified atom stereocenters. The predicted molar refractivity (Wildman–Crippen MR) is 82.2 cm³/mol. The summed E-state index contributed by atoms with van der Waals surface area (Å²) in [4.78, 5) is 24.7. The summed E-state index contributed by atoms with van der Waals surface area (Å²) in [6.45, 7) is 6.41. The third kappa shape index (κ3) is 3.56. The third-order valence-electron chi connectivity index (χ3n) is 3.14. The molecule has 0 saturated heterocycles. The number of halogens is 1. The first-order chi connectivity index (χ1) is 9.88. The van der Waals surface area contributed by atoms with Crippen molar-refractivity contribution in [3.63, 3.8) is 0 Å². The summed E-state index contributed by atoms with van der Waals surface area (Å²) < 4.78 is 10.9. The lowest BCUT2D eigenvalue weighted by molar-refractivity contribution is -0.113. The summed E-state index contributed by atoms with van der Waals surface area (Å²) in [6.07, 6.45) is 0.601. The van der Waals surface area contributed by atoms with Crippen LogP contribution >= 0.6 is 22.9 Å². The number of thiophene rings is 1. The predicted octanol–water partition coefficient (Wildman–Crippen LogP) is 2.95. The Labute approximate surface area is 132 Å². The maximum Gasteiger partial charge on any atom is 0.341 e. The van der Waals surface area contributed by atoms with Crippen LogP contribution < -0.4 is 5.32 Å². The Morgan fingerprint density at radius 1 is 1.48 bits per heavy atom. The van der Waals surface area contributed by atoms with E-state index in [-0.39, 0.29) is 24.0 Å². The number of ether oxygens (including phenoxy) is 2. The topological polar surface area (TPSA) is 64.6 Å². The van der Waals surface area contributed by atoms with Crippen molar-refractivity contribution in [2.24, 2.45) is 0 Å². The molecule has 7 heteroatoms. The molecule has 1 aliphatic heterocycles. The SMILES string of the molecule is CCOC(=O)c1c(NC(=O)CCl)sc2c1CC(C)(C)OC2. The van der Waals surface area contributed by atoms with Crippen molar-refractivity contribution in [3.8, 4) is 0 Å². The van der Waals surface area contributed by atoms with E-state index in [1.54, 1.807) is 6.92 Å². The zero-order valence-corrected chi connectivity index (χ0v) is 13.8. The van der Waals surface area contributed by atoms with Gasteiger partial charge in [-0.3, -0.25) is 4.79 Å². The molecule has 1 amide bonds. The summed E-state index contributed by atoms with van der Waals surface area (Å²) in [7, 11) is 0. The number of alkyl halides is 1. The first-order valence-electron chi connectivity index (χ1n) is 6.69. The van der Waals surface area contributed by atoms with Gasteiger partial charge in [-0.2, -0.15) is 0 Å². The molecule has 1 aromatic rings. The number of carbonyl (C=O) groups is 2. The van der Waals surface area contributed by atoms with Gasteiger partial charge in [-0.05, 0) is 26.3 Å². The second kappa shape index (κ2) is 6.34. The van der Waals surface area contributed by atoms with Gasteiger partial charge in [-0.15, -0.1) is 22.9 Å². The van der Waals surface area contributed by atoms with Crippen LogP contribution in [0.1, 0.15) is 41.6 Å². The maximum atomic E-state index is 12.2. The van der Waals surface area contributed by atoms with Gasteiger partial charge in [0.05, 0.1) is 24.4 Å². The summed E-state index contributed by atoms with van der Waals surface area (Å²) in [5.41, 5.74) is 0.995. The molecule has 116 valence electrons. The van der Waals surface area contributed by atoms with E-state index in [0.29, 0.717) is 23.6 Å². The van der Waals surface area contributed by atoms with Gasteiger partial charge >= 0.3 is 5.97 Å². The highest BCUT2D eigenvalue weighted by Crippen LogP contribution is 2.40. The van der Waals surface area contributed by atoms with Crippen LogP contribution in [-0.2, 0) is 27.3 Å². The molecule has 0 aromatic carbocycles. The Balaban J connectivity index is 2.43. The fourth-order valence-corrected chi connectivity index (χ4v) is 3.42. The summed E-state index contributed by atoms with van der Waals surface area (Å²) in [5.74, 6) is -0.925. The highest BCUT2D eigenvalue weighted by Gasteiger charge is 2.34. The molecule has 0 spiro atoms. The number of rotatable bonds is 4. The van der Waals surface area contributed by atoms with Gasteiger partial charge in [0.1, 0.15) is 10.9 Å². The molecular formula is C14H18ClNO4S. The normalized spacial score (nSPS) is 16.2. The zero-order chi connectivity index (χ0) is 15.6. The third-order valence-corrected chi connectivity index (χ3v) is 4.50. The largest absolute Gasteiger partial charge is 0.462 e. The lowest BCUT2D eigenvalue weighted by atomic mass is 9.93. The van der Waals surface area contributed by atoms with Crippen LogP contribution in [0.25, 0.3) is 0 Å². The number of hydrogen-bond donors (Lipinski definition) is 1. The monoisotopic (exact) mass is 331 g/mol. The van der Waals surface area contributed by atoms with Gasteiger partial charge in [0.2, 0.25) is 5.91 Å². The lowest BCUT2D eigenvalue weighted by Gasteiger charge is -2.30. The minimum Gasteiger partial charge on any atom is -0.462 e. The number of hydrogen-bond acceptors (Lipinski definition) is 5. The van der Waals surface area contributed by atoms with Crippen molar-refractivity contribution in [2.75, 3.05) is 17.8 Å². The van der Waals surface area contributed by atoms with Crippen LogP contribution in [0.2, 0.25) is 0 Å². The Bertz CT molecular complexity index is 568. The van der Waals surface area contributed by atoms with Gasteiger partial charge in [0.15, 0.2) is 0 Å². The fourth-order valence-electron chi connectivity index (χ4n) is 2.22. The summed E-state index contributed by atoms with van der Waals surface area (Å²) in [5, 5.41) is 3.17. The van der Waals surface area contributed by atoms with Crippen molar-refractivity contribution in [1.82, 2.24) is 0 Å².